The van der Waals surface area contributed by atoms with Gasteiger partial charge in [0.25, 0.3) is 0 Å². The third-order valence-electron chi connectivity index (χ3n) is 3.08. The molecule has 2 aromatic rings. The number of sulfone groups is 1. The van der Waals surface area contributed by atoms with E-state index >= 15 is 0 Å². The molecule has 0 aliphatic heterocycles. The summed E-state index contributed by atoms with van der Waals surface area (Å²) < 4.78 is 30.5. The van der Waals surface area contributed by atoms with Crippen LogP contribution in [0.1, 0.15) is 18.9 Å². The number of benzene rings is 2. The molecule has 5 heteroatoms. The van der Waals surface area contributed by atoms with Gasteiger partial charge < -0.3 is 4.74 Å². The molecule has 0 radical (unpaired) electrons. The normalized spacial score (nSPS) is 11.7. The molecule has 0 amide bonds. The van der Waals surface area contributed by atoms with Gasteiger partial charge >= 0.3 is 0 Å². The first-order valence-electron chi connectivity index (χ1n) is 7.22. The van der Waals surface area contributed by atoms with Gasteiger partial charge in [-0.3, -0.25) is 0 Å². The zero-order valence-corrected chi connectivity index (χ0v) is 13.6. The highest BCUT2D eigenvalue weighted by atomic mass is 32.2. The van der Waals surface area contributed by atoms with E-state index in [9.17, 15) is 13.7 Å². The number of nitrogens with zero attached hydrogens (tertiary/aromatic N) is 1. The van der Waals surface area contributed by atoms with Gasteiger partial charge in [-0.2, -0.15) is 5.26 Å². The first kappa shape index (κ1) is 16.8. The summed E-state index contributed by atoms with van der Waals surface area (Å²) in [4.78, 5) is -0.192. The molecule has 0 saturated carbocycles. The van der Waals surface area contributed by atoms with Gasteiger partial charge in [0.1, 0.15) is 16.7 Å². The fourth-order valence-corrected chi connectivity index (χ4v) is 3.14. The third kappa shape index (κ3) is 4.21. The summed E-state index contributed by atoms with van der Waals surface area (Å²) in [5.74, 6) is 0.648. The fraction of sp³-hybridized carbons (Fsp3) is 0.167. The summed E-state index contributed by atoms with van der Waals surface area (Å²) in [5.41, 5.74) is 0.606. The van der Waals surface area contributed by atoms with Crippen LogP contribution in [0.15, 0.2) is 64.4 Å². The second kappa shape index (κ2) is 7.61. The number of allylic oxidation sites excluding steroid dienone is 1. The molecule has 0 aliphatic carbocycles. The van der Waals surface area contributed by atoms with Gasteiger partial charge in [0.2, 0.25) is 9.84 Å². The predicted molar refractivity (Wildman–Crippen MR) is 89.4 cm³/mol. The molecule has 23 heavy (non-hydrogen) atoms. The topological polar surface area (TPSA) is 67.2 Å². The van der Waals surface area contributed by atoms with E-state index in [1.165, 1.54) is 18.2 Å². The SMILES string of the molecule is CCCOc1cccc(C=C(C#N)S(=O)(=O)c2ccccc2)c1. The van der Waals surface area contributed by atoms with Crippen LogP contribution in [0.3, 0.4) is 0 Å². The van der Waals surface area contributed by atoms with Gasteiger partial charge in [0.15, 0.2) is 0 Å². The van der Waals surface area contributed by atoms with E-state index in [0.717, 1.165) is 6.42 Å². The number of hydrogen-bond acceptors (Lipinski definition) is 4. The molecule has 0 atom stereocenters. The molecule has 0 spiro atoms. The largest absolute Gasteiger partial charge is 0.494 e. The molecule has 0 aliphatic rings. The lowest BCUT2D eigenvalue weighted by Crippen LogP contribution is -2.03. The second-order valence-electron chi connectivity index (χ2n) is 4.86. The van der Waals surface area contributed by atoms with Crippen LogP contribution in [-0.4, -0.2) is 15.0 Å². The Morgan fingerprint density at radius 1 is 1.17 bits per heavy atom. The highest BCUT2D eigenvalue weighted by molar-refractivity contribution is 7.95. The lowest BCUT2D eigenvalue weighted by molar-refractivity contribution is 0.317. The molecule has 0 saturated heterocycles. The van der Waals surface area contributed by atoms with Gasteiger partial charge in [-0.1, -0.05) is 37.3 Å². The number of rotatable bonds is 6. The molecule has 0 heterocycles. The van der Waals surface area contributed by atoms with E-state index < -0.39 is 9.84 Å². The second-order valence-corrected chi connectivity index (χ2v) is 6.78. The minimum absolute atomic E-state index is 0.103. The zero-order valence-electron chi connectivity index (χ0n) is 12.8. The molecule has 0 bridgehead atoms. The Morgan fingerprint density at radius 2 is 1.91 bits per heavy atom. The maximum Gasteiger partial charge on any atom is 0.216 e. The van der Waals surface area contributed by atoms with Crippen molar-refractivity contribution in [1.29, 1.82) is 5.26 Å². The van der Waals surface area contributed by atoms with Crippen LogP contribution in [0.4, 0.5) is 0 Å². The van der Waals surface area contributed by atoms with Crippen molar-refractivity contribution in [3.8, 4) is 11.8 Å². The first-order chi connectivity index (χ1) is 11.1. The van der Waals surface area contributed by atoms with E-state index in [1.54, 1.807) is 48.5 Å². The minimum atomic E-state index is -3.82. The van der Waals surface area contributed by atoms with Gasteiger partial charge in [0.05, 0.1) is 11.5 Å². The molecule has 0 fully saturated rings. The maximum absolute atomic E-state index is 12.5. The van der Waals surface area contributed by atoms with Crippen molar-refractivity contribution < 1.29 is 13.2 Å². The van der Waals surface area contributed by atoms with Crippen molar-refractivity contribution in [2.45, 2.75) is 18.2 Å². The molecule has 0 unspecified atom stereocenters. The van der Waals surface area contributed by atoms with Gasteiger partial charge in [0, 0.05) is 0 Å². The molecule has 2 aromatic carbocycles. The van der Waals surface area contributed by atoms with Crippen molar-refractivity contribution in [2.24, 2.45) is 0 Å². The van der Waals surface area contributed by atoms with Crippen LogP contribution in [0.25, 0.3) is 6.08 Å². The summed E-state index contributed by atoms with van der Waals surface area (Å²) in [7, 11) is -3.82. The van der Waals surface area contributed by atoms with Crippen molar-refractivity contribution in [2.75, 3.05) is 6.61 Å². The molecule has 2 rings (SSSR count). The summed E-state index contributed by atoms with van der Waals surface area (Å²) in [6.07, 6.45) is 2.24. The standard InChI is InChI=1S/C18H17NO3S/c1-2-11-22-16-8-6-7-15(12-16)13-18(14-19)23(20,21)17-9-4-3-5-10-17/h3-10,12-13H,2,11H2,1H3. The molecule has 0 aromatic heterocycles. The minimum Gasteiger partial charge on any atom is -0.494 e. The number of nitriles is 1. The van der Waals surface area contributed by atoms with E-state index in [4.69, 9.17) is 4.74 Å². The molecule has 4 nitrogen and oxygen atoms in total. The fourth-order valence-electron chi connectivity index (χ4n) is 1.96. The van der Waals surface area contributed by atoms with E-state index in [2.05, 4.69) is 0 Å². The van der Waals surface area contributed by atoms with E-state index in [0.29, 0.717) is 17.9 Å². The lowest BCUT2D eigenvalue weighted by atomic mass is 10.2. The van der Waals surface area contributed by atoms with Crippen molar-refractivity contribution in [3.63, 3.8) is 0 Å². The Morgan fingerprint density at radius 3 is 2.57 bits per heavy atom. The average Bonchev–Trinajstić information content (AvgIpc) is 2.59. The molecule has 118 valence electrons. The van der Waals surface area contributed by atoms with E-state index in [1.807, 2.05) is 6.92 Å². The van der Waals surface area contributed by atoms with Crippen molar-refractivity contribution in [3.05, 3.63) is 65.1 Å². The first-order valence-corrected chi connectivity index (χ1v) is 8.71. The average molecular weight is 327 g/mol. The predicted octanol–water partition coefficient (Wildman–Crippen LogP) is 3.81. The van der Waals surface area contributed by atoms with Crippen molar-refractivity contribution in [1.82, 2.24) is 0 Å². The Kier molecular flexibility index (Phi) is 5.56. The highest BCUT2D eigenvalue weighted by Crippen LogP contribution is 2.22. The molecule has 0 N–H and O–H groups in total. The van der Waals surface area contributed by atoms with E-state index in [-0.39, 0.29) is 9.80 Å². The van der Waals surface area contributed by atoms with Crippen LogP contribution < -0.4 is 4.74 Å². The Hall–Kier alpha value is -2.58. The molecular formula is C18H17NO3S. The van der Waals surface area contributed by atoms with Crippen LogP contribution >= 0.6 is 0 Å². The van der Waals surface area contributed by atoms with Crippen LogP contribution in [0.5, 0.6) is 5.75 Å². The molecular weight excluding hydrogens is 310 g/mol. The summed E-state index contributed by atoms with van der Waals surface area (Å²) in [6.45, 7) is 2.59. The van der Waals surface area contributed by atoms with Crippen LogP contribution in [-0.2, 0) is 9.84 Å². The third-order valence-corrected chi connectivity index (χ3v) is 4.76. The quantitative estimate of drug-likeness (QED) is 0.757. The summed E-state index contributed by atoms with van der Waals surface area (Å²) >= 11 is 0. The van der Waals surface area contributed by atoms with Crippen LogP contribution in [0.2, 0.25) is 0 Å². The summed E-state index contributed by atoms with van der Waals surface area (Å²) in [6, 6.07) is 16.7. The Bertz CT molecular complexity index is 834. The monoisotopic (exact) mass is 327 g/mol. The van der Waals surface area contributed by atoms with Gasteiger partial charge in [-0.15, -0.1) is 0 Å². The highest BCUT2D eigenvalue weighted by Gasteiger charge is 2.20. The van der Waals surface area contributed by atoms with Gasteiger partial charge in [-0.05, 0) is 42.3 Å². The maximum atomic E-state index is 12.5. The van der Waals surface area contributed by atoms with Gasteiger partial charge in [-0.25, -0.2) is 8.42 Å². The van der Waals surface area contributed by atoms with Crippen molar-refractivity contribution >= 4 is 15.9 Å². The lowest BCUT2D eigenvalue weighted by Gasteiger charge is -2.06. The Balaban J connectivity index is 2.38. The zero-order chi connectivity index (χ0) is 16.7. The summed E-state index contributed by atoms with van der Waals surface area (Å²) in [5, 5.41) is 9.27. The number of hydrogen-bond donors (Lipinski definition) is 0. The van der Waals surface area contributed by atoms with Crippen LogP contribution in [0, 0.1) is 11.3 Å². The number of ether oxygens (including phenoxy) is 1. The smallest absolute Gasteiger partial charge is 0.216 e. The Labute approximate surface area is 136 Å².